The third-order valence-electron chi connectivity index (χ3n) is 3.40. The minimum Gasteiger partial charge on any atom is -0.268 e. The Balaban J connectivity index is 1.88. The maximum atomic E-state index is 13.0. The monoisotopic (exact) mass is 302 g/mol. The van der Waals surface area contributed by atoms with E-state index in [9.17, 15) is 13.2 Å². The van der Waals surface area contributed by atoms with E-state index in [2.05, 4.69) is 5.10 Å². The number of rotatable bonds is 3. The van der Waals surface area contributed by atoms with Crippen LogP contribution in [0.4, 0.5) is 13.2 Å². The quantitative estimate of drug-likeness (QED) is 0.690. The Bertz CT molecular complexity index is 761. The van der Waals surface area contributed by atoms with E-state index in [0.717, 1.165) is 17.2 Å². The molecule has 0 aliphatic rings. The second kappa shape index (κ2) is 5.67. The second-order valence-corrected chi connectivity index (χ2v) is 4.95. The van der Waals surface area contributed by atoms with Gasteiger partial charge >= 0.3 is 6.18 Å². The lowest BCUT2D eigenvalue weighted by atomic mass is 10.1. The molecule has 0 saturated carbocycles. The number of aromatic nitrogens is 2. The molecular weight excluding hydrogens is 289 g/mol. The van der Waals surface area contributed by atoms with E-state index in [-0.39, 0.29) is 12.1 Å². The smallest absolute Gasteiger partial charge is 0.268 e. The third-order valence-corrected chi connectivity index (χ3v) is 3.40. The van der Waals surface area contributed by atoms with Crippen LogP contribution in [0.25, 0.3) is 11.1 Å². The molecule has 112 valence electrons. The lowest BCUT2D eigenvalue weighted by molar-refractivity contribution is -0.138. The predicted molar refractivity (Wildman–Crippen MR) is 78.2 cm³/mol. The highest BCUT2D eigenvalue weighted by Crippen LogP contribution is 2.32. The molecule has 0 radical (unpaired) electrons. The van der Waals surface area contributed by atoms with Crippen molar-refractivity contribution in [1.29, 1.82) is 0 Å². The van der Waals surface area contributed by atoms with Crippen LogP contribution in [0.3, 0.4) is 0 Å². The van der Waals surface area contributed by atoms with E-state index in [1.54, 1.807) is 18.5 Å². The average molecular weight is 302 g/mol. The normalized spacial score (nSPS) is 11.6. The molecule has 0 fully saturated rings. The van der Waals surface area contributed by atoms with Crippen molar-refractivity contribution < 1.29 is 13.2 Å². The molecule has 0 atom stereocenters. The first kappa shape index (κ1) is 14.4. The Labute approximate surface area is 125 Å². The number of halogens is 3. The standard InChI is InChI=1S/C17H13F3N2/c18-17(19,20)16-9-5-4-8-14(16)11-22-12-15(10-21-22)13-6-2-1-3-7-13/h1-10,12H,11H2. The molecule has 1 aromatic heterocycles. The third kappa shape index (κ3) is 3.03. The van der Waals surface area contributed by atoms with Gasteiger partial charge in [0.15, 0.2) is 0 Å². The zero-order valence-corrected chi connectivity index (χ0v) is 11.6. The highest BCUT2D eigenvalue weighted by molar-refractivity contribution is 5.61. The number of nitrogens with zero attached hydrogens (tertiary/aromatic N) is 2. The summed E-state index contributed by atoms with van der Waals surface area (Å²) in [5, 5.41) is 4.16. The first-order valence-corrected chi connectivity index (χ1v) is 6.77. The summed E-state index contributed by atoms with van der Waals surface area (Å²) in [5.41, 5.74) is 1.45. The molecule has 0 aliphatic heterocycles. The minimum absolute atomic E-state index is 0.0858. The summed E-state index contributed by atoms with van der Waals surface area (Å²) in [6.45, 7) is 0.0858. The molecule has 22 heavy (non-hydrogen) atoms. The van der Waals surface area contributed by atoms with Gasteiger partial charge in [-0.15, -0.1) is 0 Å². The fraction of sp³-hybridized carbons (Fsp3) is 0.118. The number of alkyl halides is 3. The Kier molecular flexibility index (Phi) is 3.71. The van der Waals surface area contributed by atoms with Crippen LogP contribution in [0, 0.1) is 0 Å². The fourth-order valence-electron chi connectivity index (χ4n) is 2.34. The Morgan fingerprint density at radius 1 is 0.864 bits per heavy atom. The van der Waals surface area contributed by atoms with Gasteiger partial charge in [0.25, 0.3) is 0 Å². The molecule has 0 unspecified atom stereocenters. The van der Waals surface area contributed by atoms with Gasteiger partial charge in [-0.2, -0.15) is 18.3 Å². The van der Waals surface area contributed by atoms with Gasteiger partial charge in [0, 0.05) is 11.8 Å². The van der Waals surface area contributed by atoms with Crippen LogP contribution >= 0.6 is 0 Å². The van der Waals surface area contributed by atoms with Crippen molar-refractivity contribution in [2.75, 3.05) is 0 Å². The maximum Gasteiger partial charge on any atom is 0.416 e. The van der Waals surface area contributed by atoms with Crippen LogP contribution in [0.5, 0.6) is 0 Å². The van der Waals surface area contributed by atoms with Crippen molar-refractivity contribution in [3.8, 4) is 11.1 Å². The van der Waals surface area contributed by atoms with Crippen LogP contribution < -0.4 is 0 Å². The van der Waals surface area contributed by atoms with Gasteiger partial charge in [0.1, 0.15) is 0 Å². The summed E-state index contributed by atoms with van der Waals surface area (Å²) in [6, 6.07) is 15.2. The van der Waals surface area contributed by atoms with Crippen LogP contribution in [0.1, 0.15) is 11.1 Å². The van der Waals surface area contributed by atoms with Crippen LogP contribution in [-0.2, 0) is 12.7 Å². The van der Waals surface area contributed by atoms with Crippen LogP contribution in [0.2, 0.25) is 0 Å². The first-order chi connectivity index (χ1) is 10.5. The van der Waals surface area contributed by atoms with Gasteiger partial charge in [0.05, 0.1) is 18.3 Å². The van der Waals surface area contributed by atoms with Gasteiger partial charge < -0.3 is 0 Å². The van der Waals surface area contributed by atoms with E-state index in [1.807, 2.05) is 30.3 Å². The molecule has 3 aromatic rings. The molecule has 2 aromatic carbocycles. The summed E-state index contributed by atoms with van der Waals surface area (Å²) in [6.07, 6.45) is -0.944. The molecule has 2 nitrogen and oxygen atoms in total. The number of hydrogen-bond acceptors (Lipinski definition) is 1. The molecule has 0 aliphatic carbocycles. The van der Waals surface area contributed by atoms with E-state index in [0.29, 0.717) is 0 Å². The number of hydrogen-bond donors (Lipinski definition) is 0. The zero-order valence-electron chi connectivity index (χ0n) is 11.6. The van der Waals surface area contributed by atoms with Gasteiger partial charge in [-0.3, -0.25) is 4.68 Å². The highest BCUT2D eigenvalue weighted by Gasteiger charge is 2.32. The molecule has 0 spiro atoms. The Morgan fingerprint density at radius 3 is 2.27 bits per heavy atom. The van der Waals surface area contributed by atoms with Gasteiger partial charge in [-0.1, -0.05) is 48.5 Å². The average Bonchev–Trinajstić information content (AvgIpc) is 2.96. The molecule has 0 bridgehead atoms. The van der Waals surface area contributed by atoms with Crippen molar-refractivity contribution in [3.63, 3.8) is 0 Å². The molecule has 0 saturated heterocycles. The molecule has 0 amide bonds. The summed E-state index contributed by atoms with van der Waals surface area (Å²) in [5.74, 6) is 0. The zero-order chi connectivity index (χ0) is 15.6. The minimum atomic E-state index is -4.36. The van der Waals surface area contributed by atoms with Crippen molar-refractivity contribution in [3.05, 3.63) is 78.1 Å². The Morgan fingerprint density at radius 2 is 1.55 bits per heavy atom. The molecular formula is C17H13F3N2. The Hall–Kier alpha value is -2.56. The molecule has 3 rings (SSSR count). The first-order valence-electron chi connectivity index (χ1n) is 6.77. The van der Waals surface area contributed by atoms with Crippen LogP contribution in [0.15, 0.2) is 67.0 Å². The van der Waals surface area contributed by atoms with E-state index in [1.165, 1.54) is 16.8 Å². The maximum absolute atomic E-state index is 13.0. The predicted octanol–water partition coefficient (Wildman–Crippen LogP) is 4.62. The summed E-state index contributed by atoms with van der Waals surface area (Å²) in [4.78, 5) is 0. The highest BCUT2D eigenvalue weighted by atomic mass is 19.4. The molecule has 5 heteroatoms. The summed E-state index contributed by atoms with van der Waals surface area (Å²) < 4.78 is 40.5. The largest absolute Gasteiger partial charge is 0.416 e. The van der Waals surface area contributed by atoms with E-state index >= 15 is 0 Å². The van der Waals surface area contributed by atoms with Gasteiger partial charge in [-0.25, -0.2) is 0 Å². The van der Waals surface area contributed by atoms with E-state index < -0.39 is 11.7 Å². The lowest BCUT2D eigenvalue weighted by Crippen LogP contribution is -2.11. The van der Waals surface area contributed by atoms with Gasteiger partial charge in [0.2, 0.25) is 0 Å². The van der Waals surface area contributed by atoms with Crippen molar-refractivity contribution >= 4 is 0 Å². The summed E-state index contributed by atoms with van der Waals surface area (Å²) >= 11 is 0. The lowest BCUT2D eigenvalue weighted by Gasteiger charge is -2.12. The number of benzene rings is 2. The fourth-order valence-corrected chi connectivity index (χ4v) is 2.34. The van der Waals surface area contributed by atoms with E-state index in [4.69, 9.17) is 0 Å². The van der Waals surface area contributed by atoms with Crippen molar-refractivity contribution in [1.82, 2.24) is 9.78 Å². The van der Waals surface area contributed by atoms with Gasteiger partial charge in [-0.05, 0) is 17.2 Å². The van der Waals surface area contributed by atoms with Crippen LogP contribution in [-0.4, -0.2) is 9.78 Å². The summed E-state index contributed by atoms with van der Waals surface area (Å²) in [7, 11) is 0. The topological polar surface area (TPSA) is 17.8 Å². The van der Waals surface area contributed by atoms with Crippen molar-refractivity contribution in [2.24, 2.45) is 0 Å². The van der Waals surface area contributed by atoms with Crippen molar-refractivity contribution in [2.45, 2.75) is 12.7 Å². The SMILES string of the molecule is FC(F)(F)c1ccccc1Cn1cc(-c2ccccc2)cn1. The second-order valence-electron chi connectivity index (χ2n) is 4.95. The molecule has 0 N–H and O–H groups in total. The molecule has 1 heterocycles.